The minimum atomic E-state index is 1.12. The monoisotopic (exact) mass is 642 g/mol. The summed E-state index contributed by atoms with van der Waals surface area (Å²) in [4.78, 5) is 2.46. The molecule has 49 heavy (non-hydrogen) atoms. The number of benzene rings is 8. The van der Waals surface area contributed by atoms with Crippen LogP contribution in [0.2, 0.25) is 0 Å². The van der Waals surface area contributed by atoms with Crippen molar-refractivity contribution in [3.8, 4) is 16.8 Å². The molecule has 2 aromatic heterocycles. The highest BCUT2D eigenvalue weighted by atomic mass is 32.1. The standard InChI is InChI=1S/C46H30N2S/c1-4-15-31(16-5-1)36-24-14-25-40-44-41(29-32-17-10-11-22-37(32)46(44)48(45(36)40)34-20-8-3-9-21-34)47(33-18-6-2-7-19-33)35-27-28-39-38-23-12-13-26-42(38)49-43(39)30-35/h1-30H. The lowest BCUT2D eigenvalue weighted by Gasteiger charge is -2.27. The van der Waals surface area contributed by atoms with E-state index < -0.39 is 0 Å². The van der Waals surface area contributed by atoms with Crippen LogP contribution in [-0.2, 0) is 0 Å². The Kier molecular flexibility index (Phi) is 6.39. The van der Waals surface area contributed by atoms with Crippen LogP contribution in [0, 0.1) is 0 Å². The number of para-hydroxylation sites is 3. The lowest BCUT2D eigenvalue weighted by atomic mass is 9.99. The molecule has 0 radical (unpaired) electrons. The van der Waals surface area contributed by atoms with E-state index >= 15 is 0 Å². The molecule has 0 aliphatic carbocycles. The minimum Gasteiger partial charge on any atom is -0.310 e. The Morgan fingerprint density at radius 1 is 0.429 bits per heavy atom. The molecule has 0 aliphatic heterocycles. The van der Waals surface area contributed by atoms with Gasteiger partial charge >= 0.3 is 0 Å². The number of hydrogen-bond donors (Lipinski definition) is 0. The zero-order valence-electron chi connectivity index (χ0n) is 26.6. The van der Waals surface area contributed by atoms with Crippen LogP contribution >= 0.6 is 11.3 Å². The first-order valence-electron chi connectivity index (χ1n) is 16.7. The van der Waals surface area contributed by atoms with Crippen LogP contribution in [0.25, 0.3) is 69.6 Å². The predicted octanol–water partition coefficient (Wildman–Crippen LogP) is 13.4. The van der Waals surface area contributed by atoms with E-state index in [1.54, 1.807) is 0 Å². The molecule has 2 nitrogen and oxygen atoms in total. The quantitative estimate of drug-likeness (QED) is 0.181. The summed E-state index contributed by atoms with van der Waals surface area (Å²) in [6.07, 6.45) is 0. The van der Waals surface area contributed by atoms with Crippen molar-refractivity contribution >= 4 is 81.1 Å². The molecule has 0 saturated heterocycles. The van der Waals surface area contributed by atoms with E-state index in [9.17, 15) is 0 Å². The molecule has 10 rings (SSSR count). The van der Waals surface area contributed by atoms with Gasteiger partial charge in [-0.05, 0) is 59.5 Å². The Bertz CT molecular complexity index is 2810. The van der Waals surface area contributed by atoms with Gasteiger partial charge in [-0.3, -0.25) is 0 Å². The van der Waals surface area contributed by atoms with Gasteiger partial charge in [0.05, 0.1) is 16.7 Å². The number of fused-ring (bicyclic) bond motifs is 8. The fraction of sp³-hybridized carbons (Fsp3) is 0. The number of aromatic nitrogens is 1. The normalized spacial score (nSPS) is 11.7. The summed E-state index contributed by atoms with van der Waals surface area (Å²) in [6.45, 7) is 0. The predicted molar refractivity (Wildman–Crippen MR) is 211 cm³/mol. The fourth-order valence-corrected chi connectivity index (χ4v) is 8.77. The molecule has 2 heterocycles. The second-order valence-electron chi connectivity index (χ2n) is 12.5. The van der Waals surface area contributed by atoms with Crippen LogP contribution in [0.1, 0.15) is 0 Å². The van der Waals surface area contributed by atoms with Crippen LogP contribution in [-0.4, -0.2) is 4.57 Å². The lowest BCUT2D eigenvalue weighted by Crippen LogP contribution is -2.10. The average Bonchev–Trinajstić information content (AvgIpc) is 3.72. The summed E-state index contributed by atoms with van der Waals surface area (Å²) in [7, 11) is 0. The summed E-state index contributed by atoms with van der Waals surface area (Å²) < 4.78 is 5.10. The molecule has 0 bridgehead atoms. The second-order valence-corrected chi connectivity index (χ2v) is 13.6. The van der Waals surface area contributed by atoms with E-state index in [0.717, 1.165) is 22.7 Å². The fourth-order valence-electron chi connectivity index (χ4n) is 7.63. The molecule has 0 aliphatic rings. The molecule has 0 N–H and O–H groups in total. The molecule has 0 unspecified atom stereocenters. The molecule has 0 saturated carbocycles. The Labute approximate surface area is 288 Å². The van der Waals surface area contributed by atoms with Gasteiger partial charge in [0.1, 0.15) is 0 Å². The zero-order valence-corrected chi connectivity index (χ0v) is 27.4. The van der Waals surface area contributed by atoms with E-state index in [-0.39, 0.29) is 0 Å². The highest BCUT2D eigenvalue weighted by molar-refractivity contribution is 7.25. The Balaban J connectivity index is 1.38. The maximum atomic E-state index is 2.50. The summed E-state index contributed by atoms with van der Waals surface area (Å²) >= 11 is 1.86. The Hall–Kier alpha value is -6.16. The van der Waals surface area contributed by atoms with Crippen LogP contribution in [0.5, 0.6) is 0 Å². The number of hydrogen-bond acceptors (Lipinski definition) is 2. The van der Waals surface area contributed by atoms with E-state index in [4.69, 9.17) is 0 Å². The van der Waals surface area contributed by atoms with Crippen molar-refractivity contribution < 1.29 is 0 Å². The first kappa shape index (κ1) is 27.9. The van der Waals surface area contributed by atoms with Crippen molar-refractivity contribution in [3.63, 3.8) is 0 Å². The van der Waals surface area contributed by atoms with Gasteiger partial charge in [0.2, 0.25) is 0 Å². The molecule has 0 fully saturated rings. The van der Waals surface area contributed by atoms with Gasteiger partial charge in [0.25, 0.3) is 0 Å². The molecular formula is C46H30N2S. The Morgan fingerprint density at radius 3 is 1.90 bits per heavy atom. The highest BCUT2D eigenvalue weighted by Crippen LogP contribution is 2.49. The molecule has 0 atom stereocenters. The molecule has 230 valence electrons. The first-order valence-corrected chi connectivity index (χ1v) is 17.5. The summed E-state index contributed by atoms with van der Waals surface area (Å²) in [5.74, 6) is 0. The number of rotatable bonds is 5. The summed E-state index contributed by atoms with van der Waals surface area (Å²) in [6, 6.07) is 66.2. The largest absolute Gasteiger partial charge is 0.310 e. The van der Waals surface area contributed by atoms with E-state index in [1.807, 2.05) is 11.3 Å². The number of thiophene rings is 1. The van der Waals surface area contributed by atoms with Crippen molar-refractivity contribution in [1.82, 2.24) is 4.57 Å². The van der Waals surface area contributed by atoms with Crippen molar-refractivity contribution in [1.29, 1.82) is 0 Å². The van der Waals surface area contributed by atoms with Gasteiger partial charge in [-0.15, -0.1) is 11.3 Å². The van der Waals surface area contributed by atoms with E-state index in [2.05, 4.69) is 191 Å². The zero-order chi connectivity index (χ0) is 32.3. The van der Waals surface area contributed by atoms with Gasteiger partial charge in [0, 0.05) is 59.0 Å². The SMILES string of the molecule is c1ccc(-c2cccc3c4c(N(c5ccccc5)c5ccc6c(c5)sc5ccccc56)cc5ccccc5c4n(-c4ccccc4)c23)cc1. The molecular weight excluding hydrogens is 613 g/mol. The van der Waals surface area contributed by atoms with Gasteiger partial charge in [-0.1, -0.05) is 133 Å². The van der Waals surface area contributed by atoms with Crippen molar-refractivity contribution in [2.45, 2.75) is 0 Å². The van der Waals surface area contributed by atoms with Gasteiger partial charge < -0.3 is 9.47 Å². The van der Waals surface area contributed by atoms with E-state index in [0.29, 0.717) is 0 Å². The molecule has 3 heteroatoms. The van der Waals surface area contributed by atoms with Crippen molar-refractivity contribution in [2.75, 3.05) is 4.90 Å². The first-order chi connectivity index (χ1) is 24.3. The van der Waals surface area contributed by atoms with Crippen molar-refractivity contribution in [2.24, 2.45) is 0 Å². The molecule has 0 amide bonds. The topological polar surface area (TPSA) is 8.17 Å². The van der Waals surface area contributed by atoms with Gasteiger partial charge in [-0.25, -0.2) is 0 Å². The smallest absolute Gasteiger partial charge is 0.0640 e. The van der Waals surface area contributed by atoms with Crippen molar-refractivity contribution in [3.05, 3.63) is 182 Å². The van der Waals surface area contributed by atoms with Crippen LogP contribution < -0.4 is 4.90 Å². The molecule has 8 aromatic carbocycles. The minimum absolute atomic E-state index is 1.12. The van der Waals surface area contributed by atoms with E-state index in [1.165, 1.54) is 63.9 Å². The third-order valence-electron chi connectivity index (χ3n) is 9.73. The van der Waals surface area contributed by atoms with Crippen LogP contribution in [0.15, 0.2) is 182 Å². The maximum Gasteiger partial charge on any atom is 0.0640 e. The van der Waals surface area contributed by atoms with Gasteiger partial charge in [-0.2, -0.15) is 0 Å². The lowest BCUT2D eigenvalue weighted by molar-refractivity contribution is 1.19. The second kappa shape index (κ2) is 11.2. The third kappa shape index (κ3) is 4.40. The number of nitrogens with zero attached hydrogens (tertiary/aromatic N) is 2. The summed E-state index contributed by atoms with van der Waals surface area (Å²) in [5, 5.41) is 7.51. The highest BCUT2D eigenvalue weighted by Gasteiger charge is 2.25. The van der Waals surface area contributed by atoms with Gasteiger partial charge in [0.15, 0.2) is 0 Å². The molecule has 10 aromatic rings. The number of anilines is 3. The Morgan fingerprint density at radius 2 is 1.08 bits per heavy atom. The summed E-state index contributed by atoms with van der Waals surface area (Å²) in [5.41, 5.74) is 9.40. The third-order valence-corrected chi connectivity index (χ3v) is 10.9. The maximum absolute atomic E-state index is 2.50. The molecule has 0 spiro atoms. The average molecular weight is 643 g/mol. The van der Waals surface area contributed by atoms with Crippen LogP contribution in [0.4, 0.5) is 17.1 Å². The van der Waals surface area contributed by atoms with Crippen LogP contribution in [0.3, 0.4) is 0 Å².